The van der Waals surface area contributed by atoms with Crippen LogP contribution in [-0.4, -0.2) is 18.2 Å². The fraction of sp³-hybridized carbons (Fsp3) is 0.857. The Kier molecular flexibility index (Phi) is 5.49. The fourth-order valence-electron chi connectivity index (χ4n) is 0.695. The quantitative estimate of drug-likeness (QED) is 0.596. The normalized spacial score (nSPS) is 12.7. The maximum atomic E-state index is 10.8. The molecule has 1 unspecified atom stereocenters. The van der Waals surface area contributed by atoms with Crippen LogP contribution in [0.4, 0.5) is 0 Å². The molecule has 0 saturated carbocycles. The third-order valence-electron chi connectivity index (χ3n) is 1.38. The van der Waals surface area contributed by atoms with Crippen LogP contribution in [0, 0.1) is 0 Å². The van der Waals surface area contributed by atoms with Crippen molar-refractivity contribution in [3.8, 4) is 0 Å². The number of carbonyl (C=O) groups is 1. The van der Waals surface area contributed by atoms with Crippen molar-refractivity contribution in [3.63, 3.8) is 0 Å². The maximum Gasteiger partial charge on any atom is 0.232 e. The molecule has 0 aromatic heterocycles. The molecule has 0 radical (unpaired) electrons. The van der Waals surface area contributed by atoms with Crippen molar-refractivity contribution >= 4 is 18.5 Å². The van der Waals surface area contributed by atoms with Gasteiger partial charge < -0.3 is 5.32 Å². The first-order valence-corrected chi connectivity index (χ1v) is 4.13. The molecule has 1 atom stereocenters. The zero-order chi connectivity index (χ0) is 7.98. The highest BCUT2D eigenvalue weighted by atomic mass is 32.1. The van der Waals surface area contributed by atoms with Gasteiger partial charge in [0.05, 0.1) is 5.25 Å². The summed E-state index contributed by atoms with van der Waals surface area (Å²) < 4.78 is 0. The molecule has 0 aliphatic carbocycles. The third-order valence-corrected chi connectivity index (χ3v) is 1.87. The van der Waals surface area contributed by atoms with Crippen LogP contribution in [0.3, 0.4) is 0 Å². The zero-order valence-electron chi connectivity index (χ0n) is 6.55. The van der Waals surface area contributed by atoms with Gasteiger partial charge in [0.2, 0.25) is 5.91 Å². The van der Waals surface area contributed by atoms with E-state index < -0.39 is 0 Å². The molecular formula is C7H15NOS. The molecule has 60 valence electrons. The molecule has 1 amide bonds. The van der Waals surface area contributed by atoms with Gasteiger partial charge in [0.25, 0.3) is 0 Å². The fourth-order valence-corrected chi connectivity index (χ4v) is 1.01. The van der Waals surface area contributed by atoms with Gasteiger partial charge in [0.1, 0.15) is 0 Å². The van der Waals surface area contributed by atoms with Crippen LogP contribution in [0.2, 0.25) is 0 Å². The van der Waals surface area contributed by atoms with E-state index in [0.717, 1.165) is 19.3 Å². The minimum Gasteiger partial charge on any atom is -0.358 e. The van der Waals surface area contributed by atoms with E-state index in [-0.39, 0.29) is 11.2 Å². The molecule has 0 bridgehead atoms. The van der Waals surface area contributed by atoms with Crippen LogP contribution in [0.5, 0.6) is 0 Å². The Morgan fingerprint density at radius 1 is 1.70 bits per heavy atom. The minimum atomic E-state index is -0.120. The molecule has 10 heavy (non-hydrogen) atoms. The summed E-state index contributed by atoms with van der Waals surface area (Å²) in [5.74, 6) is 0.0248. The molecule has 0 aromatic rings. The van der Waals surface area contributed by atoms with E-state index in [4.69, 9.17) is 0 Å². The van der Waals surface area contributed by atoms with Crippen molar-refractivity contribution in [1.29, 1.82) is 0 Å². The predicted molar refractivity (Wildman–Crippen MR) is 46.4 cm³/mol. The molecule has 3 heteroatoms. The van der Waals surface area contributed by atoms with Crippen LogP contribution in [0.1, 0.15) is 26.2 Å². The standard InChI is InChI=1S/C7H15NOS/c1-3-4-5-6(10)7(9)8-2/h6,10H,3-5H2,1-2H3,(H,8,9). The van der Waals surface area contributed by atoms with E-state index in [1.165, 1.54) is 0 Å². The lowest BCUT2D eigenvalue weighted by Crippen LogP contribution is -2.27. The smallest absolute Gasteiger partial charge is 0.232 e. The molecule has 0 saturated heterocycles. The average Bonchev–Trinajstić information content (AvgIpc) is 1.98. The highest BCUT2D eigenvalue weighted by Crippen LogP contribution is 2.05. The van der Waals surface area contributed by atoms with E-state index >= 15 is 0 Å². The van der Waals surface area contributed by atoms with Crippen LogP contribution >= 0.6 is 12.6 Å². The van der Waals surface area contributed by atoms with Crippen LogP contribution in [0.25, 0.3) is 0 Å². The van der Waals surface area contributed by atoms with Crippen molar-refractivity contribution in [1.82, 2.24) is 5.32 Å². The summed E-state index contributed by atoms with van der Waals surface area (Å²) in [6, 6.07) is 0. The van der Waals surface area contributed by atoms with Crippen LogP contribution in [-0.2, 0) is 4.79 Å². The van der Waals surface area contributed by atoms with Gasteiger partial charge in [0, 0.05) is 7.05 Å². The molecule has 0 heterocycles. The van der Waals surface area contributed by atoms with E-state index in [2.05, 4.69) is 24.9 Å². The highest BCUT2D eigenvalue weighted by molar-refractivity contribution is 7.81. The monoisotopic (exact) mass is 161 g/mol. The SMILES string of the molecule is CCCCC(S)C(=O)NC. The lowest BCUT2D eigenvalue weighted by molar-refractivity contribution is -0.120. The van der Waals surface area contributed by atoms with E-state index in [1.807, 2.05) is 0 Å². The summed E-state index contributed by atoms with van der Waals surface area (Å²) >= 11 is 4.13. The zero-order valence-corrected chi connectivity index (χ0v) is 7.45. The number of carbonyl (C=O) groups excluding carboxylic acids is 1. The minimum absolute atomic E-state index is 0.0248. The number of unbranched alkanes of at least 4 members (excludes halogenated alkanes) is 1. The number of amides is 1. The largest absolute Gasteiger partial charge is 0.358 e. The number of thiol groups is 1. The second-order valence-corrected chi connectivity index (χ2v) is 2.90. The number of nitrogens with one attached hydrogen (secondary N) is 1. The van der Waals surface area contributed by atoms with E-state index in [1.54, 1.807) is 7.05 Å². The topological polar surface area (TPSA) is 29.1 Å². The van der Waals surface area contributed by atoms with Crippen molar-refractivity contribution in [2.24, 2.45) is 0 Å². The summed E-state index contributed by atoms with van der Waals surface area (Å²) in [5, 5.41) is 2.44. The second kappa shape index (κ2) is 5.59. The maximum absolute atomic E-state index is 10.8. The van der Waals surface area contributed by atoms with Gasteiger partial charge in [-0.15, -0.1) is 0 Å². The average molecular weight is 161 g/mol. The number of rotatable bonds is 4. The van der Waals surface area contributed by atoms with Crippen molar-refractivity contribution in [2.45, 2.75) is 31.4 Å². The first kappa shape index (κ1) is 9.82. The lowest BCUT2D eigenvalue weighted by Gasteiger charge is -2.06. The van der Waals surface area contributed by atoms with Gasteiger partial charge in [-0.3, -0.25) is 4.79 Å². The first-order chi connectivity index (χ1) is 4.72. The molecule has 2 nitrogen and oxygen atoms in total. The van der Waals surface area contributed by atoms with Gasteiger partial charge in [-0.1, -0.05) is 19.8 Å². The Morgan fingerprint density at radius 3 is 2.70 bits per heavy atom. The Bertz CT molecular complexity index is 106. The molecule has 0 rings (SSSR count). The second-order valence-electron chi connectivity index (χ2n) is 2.27. The van der Waals surface area contributed by atoms with Gasteiger partial charge in [0.15, 0.2) is 0 Å². The molecular weight excluding hydrogens is 146 g/mol. The third kappa shape index (κ3) is 3.77. The van der Waals surface area contributed by atoms with E-state index in [9.17, 15) is 4.79 Å². The van der Waals surface area contributed by atoms with Gasteiger partial charge >= 0.3 is 0 Å². The summed E-state index contributed by atoms with van der Waals surface area (Å²) in [6.45, 7) is 2.10. The number of hydrogen-bond donors (Lipinski definition) is 2. The highest BCUT2D eigenvalue weighted by Gasteiger charge is 2.09. The van der Waals surface area contributed by atoms with Gasteiger partial charge in [-0.25, -0.2) is 0 Å². The first-order valence-electron chi connectivity index (χ1n) is 3.62. The van der Waals surface area contributed by atoms with Gasteiger partial charge in [-0.05, 0) is 6.42 Å². The van der Waals surface area contributed by atoms with Crippen LogP contribution < -0.4 is 5.32 Å². The Morgan fingerprint density at radius 2 is 2.30 bits per heavy atom. The molecule has 0 aliphatic rings. The summed E-state index contributed by atoms with van der Waals surface area (Å²) in [6.07, 6.45) is 3.06. The van der Waals surface area contributed by atoms with E-state index in [0.29, 0.717) is 0 Å². The molecule has 1 N–H and O–H groups in total. The Balaban J connectivity index is 3.41. The Hall–Kier alpha value is -0.180. The summed E-state index contributed by atoms with van der Waals surface area (Å²) in [5.41, 5.74) is 0. The molecule has 0 spiro atoms. The lowest BCUT2D eigenvalue weighted by atomic mass is 10.2. The predicted octanol–water partition coefficient (Wildman–Crippen LogP) is 1.22. The summed E-state index contributed by atoms with van der Waals surface area (Å²) in [7, 11) is 1.64. The van der Waals surface area contributed by atoms with Crippen molar-refractivity contribution < 1.29 is 4.79 Å². The molecule has 0 fully saturated rings. The summed E-state index contributed by atoms with van der Waals surface area (Å²) in [4.78, 5) is 10.8. The van der Waals surface area contributed by atoms with Crippen molar-refractivity contribution in [3.05, 3.63) is 0 Å². The Labute approximate surface area is 67.8 Å². The van der Waals surface area contributed by atoms with Crippen molar-refractivity contribution in [2.75, 3.05) is 7.05 Å². The van der Waals surface area contributed by atoms with Gasteiger partial charge in [-0.2, -0.15) is 12.6 Å². The number of hydrogen-bond acceptors (Lipinski definition) is 2. The molecule has 0 aromatic carbocycles. The van der Waals surface area contributed by atoms with Crippen LogP contribution in [0.15, 0.2) is 0 Å². The molecule has 0 aliphatic heterocycles.